The van der Waals surface area contributed by atoms with Crippen LogP contribution < -0.4 is 11.1 Å². The number of rotatable bonds is 3. The van der Waals surface area contributed by atoms with Crippen molar-refractivity contribution in [3.63, 3.8) is 0 Å². The van der Waals surface area contributed by atoms with E-state index in [2.05, 4.69) is 41.5 Å². The van der Waals surface area contributed by atoms with Gasteiger partial charge in [0.05, 0.1) is 0 Å². The minimum absolute atomic E-state index is 0.536. The van der Waals surface area contributed by atoms with Crippen LogP contribution in [-0.4, -0.2) is 4.98 Å². The van der Waals surface area contributed by atoms with Gasteiger partial charge < -0.3 is 11.1 Å². The van der Waals surface area contributed by atoms with E-state index in [0.29, 0.717) is 5.82 Å². The Kier molecular flexibility index (Phi) is 3.05. The van der Waals surface area contributed by atoms with Crippen molar-refractivity contribution in [1.82, 2.24) is 4.98 Å². The van der Waals surface area contributed by atoms with Gasteiger partial charge >= 0.3 is 0 Å². The van der Waals surface area contributed by atoms with E-state index in [-0.39, 0.29) is 0 Å². The molecule has 0 aliphatic heterocycles. The van der Waals surface area contributed by atoms with E-state index in [9.17, 15) is 0 Å². The zero-order valence-electron chi connectivity index (χ0n) is 9.27. The number of anilines is 2. The van der Waals surface area contributed by atoms with Crippen molar-refractivity contribution in [3.05, 3.63) is 53.7 Å². The lowest BCUT2D eigenvalue weighted by Gasteiger charge is -2.07. The van der Waals surface area contributed by atoms with Gasteiger partial charge in [0.1, 0.15) is 5.82 Å². The number of nitrogens with zero attached hydrogens (tertiary/aromatic N) is 1. The standard InChI is InChI=1S/C13H15N3/c1-10-3-2-4-11(7-10)9-16-12-5-6-15-13(14)8-12/h2-8H,9H2,1H3,(H3,14,15,16). The van der Waals surface area contributed by atoms with Gasteiger partial charge in [-0.2, -0.15) is 0 Å². The second-order valence-electron chi connectivity index (χ2n) is 3.81. The number of hydrogen-bond donors (Lipinski definition) is 2. The first-order valence-electron chi connectivity index (χ1n) is 5.25. The average Bonchev–Trinajstić information content (AvgIpc) is 2.27. The van der Waals surface area contributed by atoms with E-state index in [1.54, 1.807) is 6.20 Å². The molecule has 0 atom stereocenters. The first-order chi connectivity index (χ1) is 7.74. The summed E-state index contributed by atoms with van der Waals surface area (Å²) in [4.78, 5) is 3.95. The smallest absolute Gasteiger partial charge is 0.125 e. The maximum Gasteiger partial charge on any atom is 0.125 e. The van der Waals surface area contributed by atoms with Crippen molar-refractivity contribution < 1.29 is 0 Å². The SMILES string of the molecule is Cc1cccc(CNc2ccnc(N)c2)c1. The molecule has 2 aromatic rings. The Hall–Kier alpha value is -2.03. The van der Waals surface area contributed by atoms with Gasteiger partial charge in [0.15, 0.2) is 0 Å². The first kappa shape index (κ1) is 10.5. The fourth-order valence-corrected chi connectivity index (χ4v) is 1.58. The van der Waals surface area contributed by atoms with Gasteiger partial charge in [-0.3, -0.25) is 0 Å². The molecule has 1 aromatic carbocycles. The molecule has 82 valence electrons. The maximum absolute atomic E-state index is 5.60. The maximum atomic E-state index is 5.60. The summed E-state index contributed by atoms with van der Waals surface area (Å²) in [6.45, 7) is 2.89. The lowest BCUT2D eigenvalue weighted by Crippen LogP contribution is -2.00. The molecule has 3 nitrogen and oxygen atoms in total. The number of nitrogens with two attached hydrogens (primary N) is 1. The molecule has 0 fully saturated rings. The summed E-state index contributed by atoms with van der Waals surface area (Å²) in [5.41, 5.74) is 9.13. The number of aryl methyl sites for hydroxylation is 1. The lowest BCUT2D eigenvalue weighted by atomic mass is 10.1. The molecule has 0 saturated heterocycles. The van der Waals surface area contributed by atoms with Crippen LogP contribution in [0.25, 0.3) is 0 Å². The van der Waals surface area contributed by atoms with Gasteiger partial charge in [0.2, 0.25) is 0 Å². The average molecular weight is 213 g/mol. The number of nitrogen functional groups attached to an aromatic ring is 1. The molecule has 0 radical (unpaired) electrons. The summed E-state index contributed by atoms with van der Waals surface area (Å²) in [5.74, 6) is 0.536. The summed E-state index contributed by atoms with van der Waals surface area (Å²) in [6.07, 6.45) is 1.70. The highest BCUT2D eigenvalue weighted by Crippen LogP contribution is 2.11. The zero-order chi connectivity index (χ0) is 11.4. The molecule has 0 amide bonds. The fraction of sp³-hybridized carbons (Fsp3) is 0.154. The summed E-state index contributed by atoms with van der Waals surface area (Å²) in [7, 11) is 0. The Morgan fingerprint density at radius 1 is 1.25 bits per heavy atom. The Morgan fingerprint density at radius 2 is 2.12 bits per heavy atom. The minimum atomic E-state index is 0.536. The topological polar surface area (TPSA) is 50.9 Å². The molecular weight excluding hydrogens is 198 g/mol. The van der Waals surface area contributed by atoms with Crippen LogP contribution in [0, 0.1) is 6.92 Å². The quantitative estimate of drug-likeness (QED) is 0.824. The van der Waals surface area contributed by atoms with Crippen LogP contribution >= 0.6 is 0 Å². The van der Waals surface area contributed by atoms with Crippen LogP contribution in [0.2, 0.25) is 0 Å². The van der Waals surface area contributed by atoms with E-state index in [0.717, 1.165) is 12.2 Å². The summed E-state index contributed by atoms with van der Waals surface area (Å²) >= 11 is 0. The molecule has 1 aromatic heterocycles. The lowest BCUT2D eigenvalue weighted by molar-refractivity contribution is 1.14. The van der Waals surface area contributed by atoms with Crippen molar-refractivity contribution in [2.45, 2.75) is 13.5 Å². The predicted molar refractivity (Wildman–Crippen MR) is 67.2 cm³/mol. The largest absolute Gasteiger partial charge is 0.384 e. The van der Waals surface area contributed by atoms with Crippen LogP contribution in [0.4, 0.5) is 11.5 Å². The summed E-state index contributed by atoms with van der Waals surface area (Å²) < 4.78 is 0. The van der Waals surface area contributed by atoms with Crippen molar-refractivity contribution in [2.24, 2.45) is 0 Å². The normalized spacial score (nSPS) is 10.1. The third kappa shape index (κ3) is 2.73. The zero-order valence-corrected chi connectivity index (χ0v) is 9.27. The highest BCUT2D eigenvalue weighted by molar-refractivity contribution is 5.49. The number of hydrogen-bond acceptors (Lipinski definition) is 3. The second-order valence-corrected chi connectivity index (χ2v) is 3.81. The molecule has 3 heteroatoms. The van der Waals surface area contributed by atoms with Gasteiger partial charge in [0, 0.05) is 24.5 Å². The Labute approximate surface area is 95.3 Å². The number of nitrogens with one attached hydrogen (secondary N) is 1. The van der Waals surface area contributed by atoms with E-state index < -0.39 is 0 Å². The highest BCUT2D eigenvalue weighted by Gasteiger charge is 1.95. The highest BCUT2D eigenvalue weighted by atomic mass is 14.9. The molecule has 0 aliphatic carbocycles. The summed E-state index contributed by atoms with van der Waals surface area (Å²) in [5, 5.41) is 3.31. The Balaban J connectivity index is 2.02. The first-order valence-corrected chi connectivity index (χ1v) is 5.25. The number of benzene rings is 1. The van der Waals surface area contributed by atoms with Crippen molar-refractivity contribution in [3.8, 4) is 0 Å². The Bertz CT molecular complexity index is 435. The Morgan fingerprint density at radius 3 is 2.88 bits per heavy atom. The second kappa shape index (κ2) is 4.66. The van der Waals surface area contributed by atoms with Crippen LogP contribution in [0.5, 0.6) is 0 Å². The van der Waals surface area contributed by atoms with Crippen molar-refractivity contribution >= 4 is 11.5 Å². The third-order valence-corrected chi connectivity index (χ3v) is 2.36. The van der Waals surface area contributed by atoms with Crippen molar-refractivity contribution in [1.29, 1.82) is 0 Å². The molecule has 0 bridgehead atoms. The molecular formula is C13H15N3. The molecule has 2 rings (SSSR count). The van der Waals surface area contributed by atoms with Crippen molar-refractivity contribution in [2.75, 3.05) is 11.1 Å². The van der Waals surface area contributed by atoms with Gasteiger partial charge in [-0.15, -0.1) is 0 Å². The fourth-order valence-electron chi connectivity index (χ4n) is 1.58. The third-order valence-electron chi connectivity index (χ3n) is 2.36. The van der Waals surface area contributed by atoms with Gasteiger partial charge in [0.25, 0.3) is 0 Å². The molecule has 0 saturated carbocycles. The molecule has 0 unspecified atom stereocenters. The molecule has 0 spiro atoms. The molecule has 0 aliphatic rings. The molecule has 1 heterocycles. The summed E-state index contributed by atoms with van der Waals surface area (Å²) in [6, 6.07) is 12.2. The molecule has 16 heavy (non-hydrogen) atoms. The van der Waals surface area contributed by atoms with E-state index >= 15 is 0 Å². The van der Waals surface area contributed by atoms with Gasteiger partial charge in [-0.1, -0.05) is 29.8 Å². The van der Waals surface area contributed by atoms with Crippen LogP contribution in [0.1, 0.15) is 11.1 Å². The minimum Gasteiger partial charge on any atom is -0.384 e. The van der Waals surface area contributed by atoms with Crippen LogP contribution in [0.15, 0.2) is 42.6 Å². The number of pyridine rings is 1. The van der Waals surface area contributed by atoms with E-state index in [1.165, 1.54) is 11.1 Å². The predicted octanol–water partition coefficient (Wildman–Crippen LogP) is 2.58. The van der Waals surface area contributed by atoms with E-state index in [4.69, 9.17) is 5.73 Å². The van der Waals surface area contributed by atoms with Crippen LogP contribution in [-0.2, 0) is 6.54 Å². The van der Waals surface area contributed by atoms with Gasteiger partial charge in [-0.25, -0.2) is 4.98 Å². The van der Waals surface area contributed by atoms with Gasteiger partial charge in [-0.05, 0) is 18.6 Å². The van der Waals surface area contributed by atoms with Crippen LogP contribution in [0.3, 0.4) is 0 Å². The monoisotopic (exact) mass is 213 g/mol. The van der Waals surface area contributed by atoms with E-state index in [1.807, 2.05) is 12.1 Å². The molecule has 3 N–H and O–H groups in total. The number of aromatic nitrogens is 1.